The molecular weight excluding hydrogens is 469 g/mol. The number of carbonyl (C=O) groups excluding carboxylic acids is 1. The molecule has 0 aliphatic heterocycles. The van der Waals surface area contributed by atoms with E-state index < -0.39 is 11.7 Å². The van der Waals surface area contributed by atoms with Crippen LogP contribution < -0.4 is 11.1 Å². The highest BCUT2D eigenvalue weighted by Crippen LogP contribution is 2.23. The Bertz CT molecular complexity index is 1660. The highest BCUT2D eigenvalue weighted by atomic mass is 35.5. The number of carbonyl (C=O) groups is 1. The number of benzene rings is 2. The van der Waals surface area contributed by atoms with Crippen LogP contribution in [0.25, 0.3) is 21.7 Å². The number of rotatable bonds is 5. The van der Waals surface area contributed by atoms with Crippen LogP contribution in [-0.2, 0) is 13.1 Å². The van der Waals surface area contributed by atoms with Gasteiger partial charge in [0.2, 0.25) is 0 Å². The van der Waals surface area contributed by atoms with Crippen molar-refractivity contribution in [2.75, 3.05) is 5.73 Å². The van der Waals surface area contributed by atoms with E-state index in [4.69, 9.17) is 17.3 Å². The fraction of sp³-hybridized carbons (Fsp3) is 0.0800. The molecule has 0 spiro atoms. The summed E-state index contributed by atoms with van der Waals surface area (Å²) in [6.45, 7) is 0.401. The van der Waals surface area contributed by atoms with E-state index in [0.717, 1.165) is 16.3 Å². The maximum absolute atomic E-state index is 14.5. The van der Waals surface area contributed by atoms with Crippen molar-refractivity contribution in [2.24, 2.45) is 0 Å². The molecule has 3 aromatic heterocycles. The second-order valence-corrected chi connectivity index (χ2v) is 8.37. The van der Waals surface area contributed by atoms with Gasteiger partial charge in [0.1, 0.15) is 23.2 Å². The number of fused-ring (bicyclic) bond motifs is 2. The average Bonchev–Trinajstić information content (AvgIpc) is 3.25. The molecule has 0 unspecified atom stereocenters. The number of nitrogens with zero attached hydrogens (tertiary/aromatic N) is 5. The summed E-state index contributed by atoms with van der Waals surface area (Å²) in [7, 11) is 0. The Hall–Kier alpha value is -4.55. The van der Waals surface area contributed by atoms with Crippen molar-refractivity contribution in [2.45, 2.75) is 13.1 Å². The highest BCUT2D eigenvalue weighted by molar-refractivity contribution is 6.31. The monoisotopic (exact) mass is 485 g/mol. The lowest BCUT2D eigenvalue weighted by Crippen LogP contribution is -2.23. The molecule has 5 aromatic rings. The SMILES string of the molecule is N#Cc1nn(Cc2cc(F)c3ncc(Cl)cc3c2)cc1C(=O)NCc1ccc2c(N)nccc2c1. The summed E-state index contributed by atoms with van der Waals surface area (Å²) in [5, 5.41) is 19.2. The third-order valence-electron chi connectivity index (χ3n) is 5.53. The van der Waals surface area contributed by atoms with Gasteiger partial charge < -0.3 is 11.1 Å². The van der Waals surface area contributed by atoms with Crippen LogP contribution in [0.1, 0.15) is 27.2 Å². The minimum atomic E-state index is -0.493. The second kappa shape index (κ2) is 9.00. The standard InChI is InChI=1S/C25H17ClFN7O/c26-18-8-17-6-15(7-21(27)23(17)31-11-18)12-34-13-20(22(9-28)33-34)25(35)32-10-14-1-2-19-16(5-14)3-4-30-24(19)29/h1-8,11,13H,10,12H2,(H2,29,30)(H,32,35). The van der Waals surface area contributed by atoms with E-state index in [1.54, 1.807) is 18.3 Å². The van der Waals surface area contributed by atoms with Gasteiger partial charge in [-0.15, -0.1) is 0 Å². The number of pyridine rings is 2. The second-order valence-electron chi connectivity index (χ2n) is 7.94. The van der Waals surface area contributed by atoms with Crippen molar-refractivity contribution in [3.05, 3.63) is 94.3 Å². The average molecular weight is 486 g/mol. The first-order chi connectivity index (χ1) is 16.9. The van der Waals surface area contributed by atoms with Crippen molar-refractivity contribution in [3.8, 4) is 6.07 Å². The minimum Gasteiger partial charge on any atom is -0.383 e. The summed E-state index contributed by atoms with van der Waals surface area (Å²) in [6.07, 6.45) is 4.48. The summed E-state index contributed by atoms with van der Waals surface area (Å²) in [5.41, 5.74) is 7.66. The van der Waals surface area contributed by atoms with Crippen LogP contribution in [0.2, 0.25) is 5.02 Å². The summed E-state index contributed by atoms with van der Waals surface area (Å²) in [5.74, 6) is -0.495. The molecule has 0 saturated heterocycles. The number of hydrogen-bond acceptors (Lipinski definition) is 6. The molecule has 1 amide bonds. The normalized spacial score (nSPS) is 11.0. The Morgan fingerprint density at radius 3 is 2.80 bits per heavy atom. The molecule has 172 valence electrons. The quantitative estimate of drug-likeness (QED) is 0.384. The third kappa shape index (κ3) is 4.47. The minimum absolute atomic E-state index is 0.0224. The molecule has 3 N–H and O–H groups in total. The Kier molecular flexibility index (Phi) is 5.73. The van der Waals surface area contributed by atoms with Crippen LogP contribution in [0.3, 0.4) is 0 Å². The zero-order valence-corrected chi connectivity index (χ0v) is 18.9. The van der Waals surface area contributed by atoms with Gasteiger partial charge >= 0.3 is 0 Å². The number of nitrogens with one attached hydrogen (secondary N) is 1. The first-order valence-electron chi connectivity index (χ1n) is 10.5. The van der Waals surface area contributed by atoms with Crippen LogP contribution >= 0.6 is 11.6 Å². The summed E-state index contributed by atoms with van der Waals surface area (Å²) >= 11 is 5.98. The van der Waals surface area contributed by atoms with E-state index in [1.807, 2.05) is 30.3 Å². The molecule has 0 aliphatic rings. The predicted octanol–water partition coefficient (Wildman–Crippen LogP) is 4.20. The Morgan fingerprint density at radius 1 is 1.14 bits per heavy atom. The van der Waals surface area contributed by atoms with E-state index in [9.17, 15) is 14.4 Å². The Morgan fingerprint density at radius 2 is 1.97 bits per heavy atom. The van der Waals surface area contributed by atoms with Gasteiger partial charge in [-0.3, -0.25) is 14.5 Å². The predicted molar refractivity (Wildman–Crippen MR) is 130 cm³/mol. The van der Waals surface area contributed by atoms with Crippen LogP contribution in [0.5, 0.6) is 0 Å². The molecule has 0 atom stereocenters. The van der Waals surface area contributed by atoms with Crippen LogP contribution in [0, 0.1) is 17.1 Å². The van der Waals surface area contributed by atoms with E-state index in [1.165, 1.54) is 23.1 Å². The zero-order valence-electron chi connectivity index (χ0n) is 18.2. The molecule has 3 heterocycles. The van der Waals surface area contributed by atoms with E-state index in [0.29, 0.717) is 21.8 Å². The van der Waals surface area contributed by atoms with E-state index >= 15 is 0 Å². The number of anilines is 1. The van der Waals surface area contributed by atoms with Gasteiger partial charge in [0.15, 0.2) is 5.69 Å². The van der Waals surface area contributed by atoms with Crippen LogP contribution in [0.15, 0.2) is 61.1 Å². The highest BCUT2D eigenvalue weighted by Gasteiger charge is 2.17. The molecule has 5 rings (SSSR count). The number of aromatic nitrogens is 4. The molecule has 35 heavy (non-hydrogen) atoms. The first-order valence-corrected chi connectivity index (χ1v) is 10.9. The lowest BCUT2D eigenvalue weighted by atomic mass is 10.1. The van der Waals surface area contributed by atoms with E-state index in [-0.39, 0.29) is 29.9 Å². The van der Waals surface area contributed by atoms with Gasteiger partial charge in [0, 0.05) is 35.9 Å². The number of nitrogen functional groups attached to an aromatic ring is 1. The Balaban J connectivity index is 1.34. The fourth-order valence-electron chi connectivity index (χ4n) is 3.90. The summed E-state index contributed by atoms with van der Waals surface area (Å²) in [6, 6.07) is 14.1. The van der Waals surface area contributed by atoms with Crippen molar-refractivity contribution in [1.82, 2.24) is 25.1 Å². The van der Waals surface area contributed by atoms with Crippen molar-refractivity contribution >= 4 is 45.0 Å². The molecule has 0 bridgehead atoms. The van der Waals surface area contributed by atoms with Gasteiger partial charge in [-0.05, 0) is 46.8 Å². The third-order valence-corrected chi connectivity index (χ3v) is 5.74. The Labute approximate surface area is 203 Å². The molecular formula is C25H17ClFN7O. The summed E-state index contributed by atoms with van der Waals surface area (Å²) in [4.78, 5) is 20.9. The smallest absolute Gasteiger partial charge is 0.256 e. The first kappa shape index (κ1) is 22.3. The lowest BCUT2D eigenvalue weighted by molar-refractivity contribution is 0.0950. The van der Waals surface area contributed by atoms with Gasteiger partial charge in [0.05, 0.1) is 17.1 Å². The van der Waals surface area contributed by atoms with Gasteiger partial charge in [-0.1, -0.05) is 23.7 Å². The van der Waals surface area contributed by atoms with Gasteiger partial charge in [0.25, 0.3) is 5.91 Å². The number of nitrogens with two attached hydrogens (primary N) is 1. The van der Waals surface area contributed by atoms with Crippen molar-refractivity contribution < 1.29 is 9.18 Å². The zero-order chi connectivity index (χ0) is 24.5. The van der Waals surface area contributed by atoms with Crippen LogP contribution in [-0.4, -0.2) is 25.7 Å². The topological polar surface area (TPSA) is 123 Å². The lowest BCUT2D eigenvalue weighted by Gasteiger charge is -2.07. The molecule has 2 aromatic carbocycles. The molecule has 8 nitrogen and oxygen atoms in total. The largest absolute Gasteiger partial charge is 0.383 e. The molecule has 0 radical (unpaired) electrons. The van der Waals surface area contributed by atoms with Crippen molar-refractivity contribution in [3.63, 3.8) is 0 Å². The molecule has 0 saturated carbocycles. The number of hydrogen-bond donors (Lipinski definition) is 2. The molecule has 0 aliphatic carbocycles. The van der Waals surface area contributed by atoms with Crippen LogP contribution in [0.4, 0.5) is 10.2 Å². The maximum atomic E-state index is 14.5. The van der Waals surface area contributed by atoms with E-state index in [2.05, 4.69) is 20.4 Å². The van der Waals surface area contributed by atoms with Gasteiger partial charge in [-0.25, -0.2) is 9.37 Å². The number of halogens is 2. The summed E-state index contributed by atoms with van der Waals surface area (Å²) < 4.78 is 15.9. The van der Waals surface area contributed by atoms with Crippen molar-refractivity contribution in [1.29, 1.82) is 5.26 Å². The molecule has 0 fully saturated rings. The number of nitriles is 1. The molecule has 10 heteroatoms. The number of amides is 1. The fourth-order valence-corrected chi connectivity index (χ4v) is 4.07. The maximum Gasteiger partial charge on any atom is 0.256 e. The van der Waals surface area contributed by atoms with Gasteiger partial charge in [-0.2, -0.15) is 10.4 Å².